The summed E-state index contributed by atoms with van der Waals surface area (Å²) in [6.07, 6.45) is 3.97. The third-order valence-corrected chi connectivity index (χ3v) is 3.85. The van der Waals surface area contributed by atoms with Crippen LogP contribution in [-0.4, -0.2) is 33.6 Å². The molecule has 1 aliphatic carbocycles. The number of amides is 1. The standard InChI is InChI=1S/C12H15BrN2O4/c13-7-2-8-14(9-3-1-4-9)12(16)10-5-6-11(19-10)15(17)18/h5-6,9H,1-4,7-8H2. The molecule has 0 radical (unpaired) electrons. The molecule has 0 unspecified atom stereocenters. The quantitative estimate of drug-likeness (QED) is 0.456. The Morgan fingerprint density at radius 3 is 2.74 bits per heavy atom. The molecule has 1 fully saturated rings. The molecular weight excluding hydrogens is 316 g/mol. The van der Waals surface area contributed by atoms with Gasteiger partial charge in [-0.3, -0.25) is 14.9 Å². The van der Waals surface area contributed by atoms with Gasteiger partial charge < -0.3 is 9.32 Å². The Morgan fingerprint density at radius 2 is 2.26 bits per heavy atom. The van der Waals surface area contributed by atoms with Gasteiger partial charge in [-0.25, -0.2) is 0 Å². The average Bonchev–Trinajstić information content (AvgIpc) is 2.80. The van der Waals surface area contributed by atoms with Gasteiger partial charge in [-0.1, -0.05) is 15.9 Å². The molecule has 0 aromatic carbocycles. The highest BCUT2D eigenvalue weighted by Gasteiger charge is 2.31. The molecule has 1 aromatic heterocycles. The van der Waals surface area contributed by atoms with Crippen molar-refractivity contribution < 1.29 is 14.1 Å². The molecule has 0 bridgehead atoms. The predicted molar refractivity (Wildman–Crippen MR) is 72.4 cm³/mol. The highest BCUT2D eigenvalue weighted by molar-refractivity contribution is 9.09. The van der Waals surface area contributed by atoms with E-state index in [1.165, 1.54) is 12.1 Å². The summed E-state index contributed by atoms with van der Waals surface area (Å²) < 4.78 is 4.98. The lowest BCUT2D eigenvalue weighted by Gasteiger charge is -2.37. The Labute approximate surface area is 119 Å². The van der Waals surface area contributed by atoms with E-state index in [4.69, 9.17) is 4.42 Å². The number of rotatable bonds is 6. The Bertz CT molecular complexity index is 470. The first-order valence-corrected chi connectivity index (χ1v) is 7.37. The van der Waals surface area contributed by atoms with Gasteiger partial charge in [0, 0.05) is 17.9 Å². The van der Waals surface area contributed by atoms with Crippen LogP contribution in [-0.2, 0) is 0 Å². The number of carbonyl (C=O) groups is 1. The second-order valence-electron chi connectivity index (χ2n) is 4.52. The zero-order chi connectivity index (χ0) is 13.8. The highest BCUT2D eigenvalue weighted by atomic mass is 79.9. The molecule has 0 aliphatic heterocycles. The van der Waals surface area contributed by atoms with Crippen LogP contribution in [0.3, 0.4) is 0 Å². The van der Waals surface area contributed by atoms with Crippen LogP contribution in [0.2, 0.25) is 0 Å². The van der Waals surface area contributed by atoms with Gasteiger partial charge in [0.25, 0.3) is 5.91 Å². The fourth-order valence-electron chi connectivity index (χ4n) is 2.06. The highest BCUT2D eigenvalue weighted by Crippen LogP contribution is 2.27. The van der Waals surface area contributed by atoms with E-state index in [-0.39, 0.29) is 17.7 Å². The molecule has 7 heteroatoms. The topological polar surface area (TPSA) is 76.6 Å². The lowest BCUT2D eigenvalue weighted by Crippen LogP contribution is -2.44. The van der Waals surface area contributed by atoms with E-state index in [1.54, 1.807) is 4.90 Å². The third-order valence-electron chi connectivity index (χ3n) is 3.29. The van der Waals surface area contributed by atoms with Gasteiger partial charge in [0.1, 0.15) is 4.92 Å². The van der Waals surface area contributed by atoms with Crippen molar-refractivity contribution >= 4 is 27.7 Å². The first-order valence-electron chi connectivity index (χ1n) is 6.24. The Hall–Kier alpha value is -1.37. The van der Waals surface area contributed by atoms with Gasteiger partial charge in [-0.2, -0.15) is 0 Å². The van der Waals surface area contributed by atoms with Crippen LogP contribution in [0.15, 0.2) is 16.5 Å². The number of furan rings is 1. The Kier molecular flexibility index (Phi) is 4.57. The summed E-state index contributed by atoms with van der Waals surface area (Å²) in [5.74, 6) is -0.593. The van der Waals surface area contributed by atoms with E-state index in [9.17, 15) is 14.9 Å². The zero-order valence-electron chi connectivity index (χ0n) is 10.4. The molecule has 19 heavy (non-hydrogen) atoms. The largest absolute Gasteiger partial charge is 0.433 e. The van der Waals surface area contributed by atoms with E-state index in [1.807, 2.05) is 0 Å². The maximum absolute atomic E-state index is 12.3. The van der Waals surface area contributed by atoms with E-state index >= 15 is 0 Å². The van der Waals surface area contributed by atoms with Gasteiger partial charge >= 0.3 is 5.88 Å². The summed E-state index contributed by atoms with van der Waals surface area (Å²) in [6, 6.07) is 2.84. The third kappa shape index (κ3) is 3.15. The molecule has 0 atom stereocenters. The fourth-order valence-corrected chi connectivity index (χ4v) is 2.31. The van der Waals surface area contributed by atoms with Crippen LogP contribution < -0.4 is 0 Å². The van der Waals surface area contributed by atoms with Gasteiger partial charge in [0.15, 0.2) is 5.76 Å². The van der Waals surface area contributed by atoms with Crippen LogP contribution in [0.4, 0.5) is 5.88 Å². The molecule has 1 heterocycles. The average molecular weight is 331 g/mol. The molecule has 2 rings (SSSR count). The monoisotopic (exact) mass is 330 g/mol. The lowest BCUT2D eigenvalue weighted by molar-refractivity contribution is -0.402. The van der Waals surface area contributed by atoms with E-state index < -0.39 is 10.8 Å². The van der Waals surface area contributed by atoms with E-state index in [0.717, 1.165) is 31.0 Å². The number of hydrogen-bond acceptors (Lipinski definition) is 4. The number of halogens is 1. The molecule has 1 saturated carbocycles. The Balaban J connectivity index is 2.10. The summed E-state index contributed by atoms with van der Waals surface area (Å²) in [5.41, 5.74) is 0. The van der Waals surface area contributed by atoms with E-state index in [0.29, 0.717) is 6.54 Å². The molecule has 1 aromatic rings. The molecular formula is C12H15BrN2O4. The van der Waals surface area contributed by atoms with Gasteiger partial charge in [0.2, 0.25) is 0 Å². The first-order chi connectivity index (χ1) is 9.13. The molecule has 0 spiro atoms. The van der Waals surface area contributed by atoms with Crippen molar-refractivity contribution in [2.45, 2.75) is 31.7 Å². The molecule has 1 amide bonds. The minimum absolute atomic E-state index is 0.0492. The first kappa shape index (κ1) is 14.0. The molecule has 0 N–H and O–H groups in total. The smallest absolute Gasteiger partial charge is 0.395 e. The summed E-state index contributed by atoms with van der Waals surface area (Å²) in [6.45, 7) is 0.642. The van der Waals surface area contributed by atoms with Crippen LogP contribution in [0.1, 0.15) is 36.2 Å². The summed E-state index contributed by atoms with van der Waals surface area (Å²) in [5, 5.41) is 11.4. The predicted octanol–water partition coefficient (Wildman–Crippen LogP) is 2.97. The van der Waals surface area contributed by atoms with Gasteiger partial charge in [-0.05, 0) is 31.7 Å². The van der Waals surface area contributed by atoms with Crippen molar-refractivity contribution in [1.29, 1.82) is 0 Å². The second-order valence-corrected chi connectivity index (χ2v) is 5.31. The van der Waals surface area contributed by atoms with Crippen LogP contribution in [0.25, 0.3) is 0 Å². The normalized spacial score (nSPS) is 15.0. The minimum Gasteiger partial charge on any atom is -0.395 e. The summed E-state index contributed by atoms with van der Waals surface area (Å²) >= 11 is 3.34. The van der Waals surface area contributed by atoms with Crippen molar-refractivity contribution in [3.8, 4) is 0 Å². The number of nitrogens with zero attached hydrogens (tertiary/aromatic N) is 2. The number of alkyl halides is 1. The number of hydrogen-bond donors (Lipinski definition) is 0. The second kappa shape index (κ2) is 6.18. The maximum Gasteiger partial charge on any atom is 0.433 e. The molecule has 0 saturated heterocycles. The molecule has 104 valence electrons. The lowest BCUT2D eigenvalue weighted by atomic mass is 9.91. The van der Waals surface area contributed by atoms with Gasteiger partial charge in [0.05, 0.1) is 6.07 Å². The van der Waals surface area contributed by atoms with Crippen LogP contribution in [0.5, 0.6) is 0 Å². The van der Waals surface area contributed by atoms with Gasteiger partial charge in [-0.15, -0.1) is 0 Å². The van der Waals surface area contributed by atoms with Crippen molar-refractivity contribution in [2.75, 3.05) is 11.9 Å². The summed E-state index contributed by atoms with van der Waals surface area (Å²) in [7, 11) is 0. The van der Waals surface area contributed by atoms with Crippen molar-refractivity contribution in [3.63, 3.8) is 0 Å². The van der Waals surface area contributed by atoms with Crippen molar-refractivity contribution in [2.24, 2.45) is 0 Å². The Morgan fingerprint density at radius 1 is 1.53 bits per heavy atom. The molecule has 6 nitrogen and oxygen atoms in total. The number of carbonyl (C=O) groups excluding carboxylic acids is 1. The SMILES string of the molecule is O=C(c1ccc([N+](=O)[O-])o1)N(CCCBr)C1CCC1. The maximum atomic E-state index is 12.3. The minimum atomic E-state index is -0.636. The number of nitro groups is 1. The zero-order valence-corrected chi connectivity index (χ0v) is 12.0. The van der Waals surface area contributed by atoms with Crippen molar-refractivity contribution in [3.05, 3.63) is 28.0 Å². The van der Waals surface area contributed by atoms with Crippen LogP contribution in [0, 0.1) is 10.1 Å². The van der Waals surface area contributed by atoms with E-state index in [2.05, 4.69) is 15.9 Å². The fraction of sp³-hybridized carbons (Fsp3) is 0.583. The molecule has 1 aliphatic rings. The van der Waals surface area contributed by atoms with Crippen LogP contribution >= 0.6 is 15.9 Å². The summed E-state index contributed by atoms with van der Waals surface area (Å²) in [4.78, 5) is 24.0. The van der Waals surface area contributed by atoms with Crippen molar-refractivity contribution in [1.82, 2.24) is 4.90 Å².